The molecule has 148 valence electrons. The predicted octanol–water partition coefficient (Wildman–Crippen LogP) is 1.76. The molecule has 1 saturated carbocycles. The second-order valence-corrected chi connectivity index (χ2v) is 7.36. The number of nitrogens with one attached hydrogen (secondary N) is 2. The molecule has 0 unspecified atom stereocenters. The zero-order valence-electron chi connectivity index (χ0n) is 15.8. The summed E-state index contributed by atoms with van der Waals surface area (Å²) < 4.78 is 10.5. The smallest absolute Gasteiger partial charge is 0.329 e. The number of carbonyl (C=O) groups is 3. The van der Waals surface area contributed by atoms with E-state index in [1.54, 1.807) is 36.0 Å². The molecule has 1 aromatic rings. The van der Waals surface area contributed by atoms with Gasteiger partial charge in [0.05, 0.1) is 12.7 Å². The molecular formula is C19H26N2O5S. The van der Waals surface area contributed by atoms with Crippen LogP contribution in [-0.2, 0) is 14.3 Å². The Kier molecular flexibility index (Phi) is 7.97. The van der Waals surface area contributed by atoms with Crippen LogP contribution in [0.1, 0.15) is 36.5 Å². The average Bonchev–Trinajstić information content (AvgIpc) is 3.48. The molecule has 1 aliphatic carbocycles. The summed E-state index contributed by atoms with van der Waals surface area (Å²) in [6.07, 6.45) is 3.32. The lowest BCUT2D eigenvalue weighted by Crippen LogP contribution is -2.45. The van der Waals surface area contributed by atoms with Crippen LogP contribution in [0.15, 0.2) is 24.3 Å². The van der Waals surface area contributed by atoms with E-state index >= 15 is 0 Å². The number of carbonyl (C=O) groups excluding carboxylic acids is 3. The Labute approximate surface area is 163 Å². The van der Waals surface area contributed by atoms with Gasteiger partial charge in [-0.15, -0.1) is 0 Å². The minimum atomic E-state index is -0.905. The fourth-order valence-electron chi connectivity index (χ4n) is 2.41. The maximum atomic E-state index is 12.6. The Morgan fingerprint density at radius 2 is 1.96 bits per heavy atom. The molecule has 2 atom stereocenters. The van der Waals surface area contributed by atoms with E-state index in [1.807, 2.05) is 6.26 Å². The molecule has 1 aliphatic rings. The topological polar surface area (TPSA) is 93.7 Å². The van der Waals surface area contributed by atoms with Crippen LogP contribution in [0.4, 0.5) is 0 Å². The lowest BCUT2D eigenvalue weighted by Gasteiger charge is -2.20. The first-order chi connectivity index (χ1) is 13.0. The standard InChI is InChI=1S/C19H26N2O5S/c1-12(17(22)20-13-8-9-13)26-19(24)15(10-11-27-3)21-18(23)14-6-4-5-7-16(14)25-2/h4-7,12-13,15H,8-11H2,1-3H3,(H,20,22)(H,21,23)/t12-,15-/m0/s1. The maximum Gasteiger partial charge on any atom is 0.329 e. The van der Waals surface area contributed by atoms with Gasteiger partial charge in [-0.3, -0.25) is 9.59 Å². The maximum absolute atomic E-state index is 12.6. The second kappa shape index (κ2) is 10.2. The molecule has 0 heterocycles. The number of rotatable bonds is 10. The summed E-state index contributed by atoms with van der Waals surface area (Å²) in [6.45, 7) is 1.53. The van der Waals surface area contributed by atoms with E-state index in [0.29, 0.717) is 23.5 Å². The van der Waals surface area contributed by atoms with Crippen molar-refractivity contribution >= 4 is 29.5 Å². The van der Waals surface area contributed by atoms with E-state index in [4.69, 9.17) is 9.47 Å². The van der Waals surface area contributed by atoms with Gasteiger partial charge in [0.15, 0.2) is 6.10 Å². The molecule has 0 radical (unpaired) electrons. The first-order valence-corrected chi connectivity index (χ1v) is 10.3. The van der Waals surface area contributed by atoms with Gasteiger partial charge in [0, 0.05) is 6.04 Å². The van der Waals surface area contributed by atoms with Crippen molar-refractivity contribution in [1.82, 2.24) is 10.6 Å². The van der Waals surface area contributed by atoms with Gasteiger partial charge in [-0.2, -0.15) is 11.8 Å². The molecule has 2 rings (SSSR count). The van der Waals surface area contributed by atoms with E-state index in [2.05, 4.69) is 10.6 Å². The number of methoxy groups -OCH3 is 1. The van der Waals surface area contributed by atoms with Crippen LogP contribution in [0.25, 0.3) is 0 Å². The minimum absolute atomic E-state index is 0.191. The van der Waals surface area contributed by atoms with Crippen LogP contribution in [0.2, 0.25) is 0 Å². The van der Waals surface area contributed by atoms with Gasteiger partial charge >= 0.3 is 5.97 Å². The molecule has 7 nitrogen and oxygen atoms in total. The second-order valence-electron chi connectivity index (χ2n) is 6.37. The highest BCUT2D eigenvalue weighted by Crippen LogP contribution is 2.19. The van der Waals surface area contributed by atoms with Crippen LogP contribution in [0.5, 0.6) is 5.75 Å². The van der Waals surface area contributed by atoms with Crippen molar-refractivity contribution in [3.63, 3.8) is 0 Å². The lowest BCUT2D eigenvalue weighted by atomic mass is 10.1. The summed E-state index contributed by atoms with van der Waals surface area (Å²) >= 11 is 1.56. The highest BCUT2D eigenvalue weighted by atomic mass is 32.2. The van der Waals surface area contributed by atoms with Gasteiger partial charge in [0.25, 0.3) is 11.8 Å². The zero-order valence-corrected chi connectivity index (χ0v) is 16.6. The molecule has 27 heavy (non-hydrogen) atoms. The quantitative estimate of drug-likeness (QED) is 0.588. The lowest BCUT2D eigenvalue weighted by molar-refractivity contribution is -0.156. The number of hydrogen-bond acceptors (Lipinski definition) is 6. The Balaban J connectivity index is 2.00. The molecule has 0 saturated heterocycles. The normalized spacial score (nSPS) is 15.4. The van der Waals surface area contributed by atoms with Crippen LogP contribution in [0.3, 0.4) is 0 Å². The molecule has 1 aromatic carbocycles. The van der Waals surface area contributed by atoms with E-state index < -0.39 is 24.0 Å². The third-order valence-corrected chi connectivity index (χ3v) is 4.78. The van der Waals surface area contributed by atoms with Gasteiger partial charge in [0.2, 0.25) is 0 Å². The molecule has 2 amide bonds. The van der Waals surface area contributed by atoms with Crippen molar-refractivity contribution in [3.05, 3.63) is 29.8 Å². The fourth-order valence-corrected chi connectivity index (χ4v) is 2.88. The van der Waals surface area contributed by atoms with Gasteiger partial charge in [0.1, 0.15) is 11.8 Å². The monoisotopic (exact) mass is 394 g/mol. The zero-order chi connectivity index (χ0) is 19.8. The van der Waals surface area contributed by atoms with Crippen molar-refractivity contribution in [1.29, 1.82) is 0 Å². The Morgan fingerprint density at radius 1 is 1.26 bits per heavy atom. The summed E-state index contributed by atoms with van der Waals surface area (Å²) in [5.74, 6) is -0.278. The van der Waals surface area contributed by atoms with Gasteiger partial charge < -0.3 is 20.1 Å². The molecule has 2 N–H and O–H groups in total. The number of para-hydroxylation sites is 1. The third kappa shape index (κ3) is 6.46. The fraction of sp³-hybridized carbons (Fsp3) is 0.526. The highest BCUT2D eigenvalue weighted by Gasteiger charge is 2.30. The largest absolute Gasteiger partial charge is 0.496 e. The highest BCUT2D eigenvalue weighted by molar-refractivity contribution is 7.98. The van der Waals surface area contributed by atoms with Crippen LogP contribution >= 0.6 is 11.8 Å². The van der Waals surface area contributed by atoms with E-state index in [0.717, 1.165) is 12.8 Å². The molecular weight excluding hydrogens is 368 g/mol. The van der Waals surface area contributed by atoms with Crippen LogP contribution in [0, 0.1) is 0 Å². The molecule has 0 spiro atoms. The Hall–Kier alpha value is -2.22. The van der Waals surface area contributed by atoms with Gasteiger partial charge in [-0.05, 0) is 50.3 Å². The summed E-state index contributed by atoms with van der Waals surface area (Å²) in [5.41, 5.74) is 0.335. The van der Waals surface area contributed by atoms with E-state index in [-0.39, 0.29) is 11.9 Å². The summed E-state index contributed by atoms with van der Waals surface area (Å²) in [6, 6.07) is 6.12. The molecule has 1 fully saturated rings. The Bertz CT molecular complexity index is 678. The minimum Gasteiger partial charge on any atom is -0.496 e. The number of esters is 1. The number of thioether (sulfide) groups is 1. The molecule has 0 bridgehead atoms. The average molecular weight is 394 g/mol. The molecule has 0 aromatic heterocycles. The van der Waals surface area contributed by atoms with Crippen molar-refractivity contribution < 1.29 is 23.9 Å². The number of amides is 2. The predicted molar refractivity (Wildman–Crippen MR) is 104 cm³/mol. The number of hydrogen-bond donors (Lipinski definition) is 2. The summed E-state index contributed by atoms with van der Waals surface area (Å²) in [4.78, 5) is 37.1. The number of ether oxygens (including phenoxy) is 2. The Morgan fingerprint density at radius 3 is 2.59 bits per heavy atom. The molecule has 8 heteroatoms. The summed E-state index contributed by atoms with van der Waals surface area (Å²) in [7, 11) is 1.48. The van der Waals surface area contributed by atoms with Crippen molar-refractivity contribution in [3.8, 4) is 5.75 Å². The molecule has 0 aliphatic heterocycles. The van der Waals surface area contributed by atoms with Crippen molar-refractivity contribution in [2.75, 3.05) is 19.1 Å². The first kappa shape index (κ1) is 21.1. The van der Waals surface area contributed by atoms with Crippen molar-refractivity contribution in [2.24, 2.45) is 0 Å². The number of benzene rings is 1. The van der Waals surface area contributed by atoms with E-state index in [9.17, 15) is 14.4 Å². The van der Waals surface area contributed by atoms with Crippen LogP contribution < -0.4 is 15.4 Å². The van der Waals surface area contributed by atoms with Crippen molar-refractivity contribution in [2.45, 2.75) is 44.4 Å². The third-order valence-electron chi connectivity index (χ3n) is 4.14. The summed E-state index contributed by atoms with van der Waals surface area (Å²) in [5, 5.41) is 5.50. The first-order valence-electron chi connectivity index (χ1n) is 8.90. The van der Waals surface area contributed by atoms with Crippen LogP contribution in [-0.4, -0.2) is 55.1 Å². The van der Waals surface area contributed by atoms with Gasteiger partial charge in [-0.1, -0.05) is 12.1 Å². The SMILES string of the molecule is COc1ccccc1C(=O)N[C@@H](CCSC)C(=O)O[C@@H](C)C(=O)NC1CC1. The van der Waals surface area contributed by atoms with Gasteiger partial charge in [-0.25, -0.2) is 4.79 Å². The van der Waals surface area contributed by atoms with E-state index in [1.165, 1.54) is 14.0 Å².